The van der Waals surface area contributed by atoms with E-state index in [0.29, 0.717) is 6.42 Å². The number of alkyl halides is 2. The van der Waals surface area contributed by atoms with Gasteiger partial charge in [0.25, 0.3) is 5.69 Å². The molecule has 4 nitrogen and oxygen atoms in total. The molecule has 7 heteroatoms. The third-order valence-electron chi connectivity index (χ3n) is 3.11. The van der Waals surface area contributed by atoms with Crippen molar-refractivity contribution < 1.29 is 18.4 Å². The van der Waals surface area contributed by atoms with Crippen molar-refractivity contribution in [3.05, 3.63) is 33.3 Å². The van der Waals surface area contributed by atoms with Crippen molar-refractivity contribution in [1.29, 1.82) is 0 Å². The maximum absolute atomic E-state index is 13.0. The Hall–Kier alpha value is -1.43. The van der Waals surface area contributed by atoms with Crippen LogP contribution in [0.25, 0.3) is 0 Å². The van der Waals surface area contributed by atoms with Crippen molar-refractivity contribution in [2.45, 2.75) is 25.2 Å². The zero-order chi connectivity index (χ0) is 14.0. The van der Waals surface area contributed by atoms with Gasteiger partial charge in [-0.05, 0) is 18.4 Å². The molecule has 1 saturated carbocycles. The Morgan fingerprint density at radius 3 is 2.84 bits per heavy atom. The Morgan fingerprint density at radius 1 is 1.53 bits per heavy atom. The van der Waals surface area contributed by atoms with E-state index in [1.54, 1.807) is 0 Å². The molecule has 1 aromatic carbocycles. The highest BCUT2D eigenvalue weighted by Crippen LogP contribution is 2.39. The minimum Gasteiger partial charge on any atom is -0.491 e. The van der Waals surface area contributed by atoms with Crippen LogP contribution in [0.2, 0.25) is 5.02 Å². The molecular weight excluding hydrogens is 280 g/mol. The molecule has 0 heterocycles. The average molecular weight is 292 g/mol. The fourth-order valence-electron chi connectivity index (χ4n) is 2.11. The first-order valence-corrected chi connectivity index (χ1v) is 6.20. The number of hydrogen-bond acceptors (Lipinski definition) is 3. The van der Waals surface area contributed by atoms with Gasteiger partial charge in [-0.25, -0.2) is 8.78 Å². The maximum Gasteiger partial charge on any atom is 0.273 e. The highest BCUT2D eigenvalue weighted by molar-refractivity contribution is 6.32. The third-order valence-corrected chi connectivity index (χ3v) is 3.42. The van der Waals surface area contributed by atoms with Gasteiger partial charge < -0.3 is 4.74 Å². The molecule has 0 saturated heterocycles. The summed E-state index contributed by atoms with van der Waals surface area (Å²) in [5.74, 6) is -2.71. The van der Waals surface area contributed by atoms with Crippen LogP contribution in [-0.4, -0.2) is 17.5 Å². The fraction of sp³-hybridized carbons (Fsp3) is 0.500. The molecule has 0 N–H and O–H groups in total. The number of non-ortho nitro benzene ring substituents is 1. The van der Waals surface area contributed by atoms with E-state index in [-0.39, 0.29) is 41.8 Å². The quantitative estimate of drug-likeness (QED) is 0.621. The molecule has 1 fully saturated rings. The Labute approximate surface area is 113 Å². The number of hydrogen-bond donors (Lipinski definition) is 0. The van der Waals surface area contributed by atoms with Gasteiger partial charge >= 0.3 is 0 Å². The number of benzene rings is 1. The number of nitro benzene ring substituents is 1. The summed E-state index contributed by atoms with van der Waals surface area (Å²) in [5.41, 5.74) is -0.142. The topological polar surface area (TPSA) is 52.4 Å². The second-order valence-electron chi connectivity index (χ2n) is 4.65. The predicted molar refractivity (Wildman–Crippen MR) is 65.9 cm³/mol. The molecule has 0 radical (unpaired) electrons. The van der Waals surface area contributed by atoms with Crippen LogP contribution in [0.3, 0.4) is 0 Å². The van der Waals surface area contributed by atoms with E-state index in [2.05, 4.69) is 0 Å². The van der Waals surface area contributed by atoms with Crippen LogP contribution >= 0.6 is 11.6 Å². The number of rotatable bonds is 4. The molecule has 0 aromatic heterocycles. The molecular formula is C12H12ClF2NO3. The van der Waals surface area contributed by atoms with Gasteiger partial charge in [-0.15, -0.1) is 0 Å². The van der Waals surface area contributed by atoms with E-state index >= 15 is 0 Å². The lowest BCUT2D eigenvalue weighted by Crippen LogP contribution is -2.14. The van der Waals surface area contributed by atoms with Gasteiger partial charge in [-0.1, -0.05) is 11.6 Å². The van der Waals surface area contributed by atoms with Crippen molar-refractivity contribution in [2.24, 2.45) is 5.92 Å². The molecule has 1 aliphatic carbocycles. The molecule has 0 amide bonds. The number of ether oxygens (including phenoxy) is 1. The van der Waals surface area contributed by atoms with Crippen molar-refractivity contribution >= 4 is 17.3 Å². The van der Waals surface area contributed by atoms with E-state index in [0.717, 1.165) is 0 Å². The fourth-order valence-corrected chi connectivity index (χ4v) is 2.28. The number of halogens is 3. The van der Waals surface area contributed by atoms with E-state index in [1.807, 2.05) is 0 Å². The number of nitro groups is 1. The summed E-state index contributed by atoms with van der Waals surface area (Å²) in [4.78, 5) is 10.1. The predicted octanol–water partition coefficient (Wildman–Crippen LogP) is 4.06. The van der Waals surface area contributed by atoms with E-state index < -0.39 is 10.8 Å². The first-order valence-electron chi connectivity index (χ1n) is 5.82. The van der Waals surface area contributed by atoms with Crippen molar-refractivity contribution in [1.82, 2.24) is 0 Å². The number of nitrogens with zero attached hydrogens (tertiary/aromatic N) is 1. The summed E-state index contributed by atoms with van der Waals surface area (Å²) >= 11 is 5.85. The lowest BCUT2D eigenvalue weighted by molar-refractivity contribution is -0.384. The van der Waals surface area contributed by atoms with Gasteiger partial charge in [0.05, 0.1) is 22.6 Å². The Kier molecular flexibility index (Phi) is 3.89. The third kappa shape index (κ3) is 3.53. The van der Waals surface area contributed by atoms with Crippen LogP contribution in [0.1, 0.15) is 19.3 Å². The van der Waals surface area contributed by atoms with Crippen LogP contribution < -0.4 is 4.74 Å². The maximum atomic E-state index is 13.0. The normalized spacial score (nSPS) is 21.3. The Morgan fingerprint density at radius 2 is 2.26 bits per heavy atom. The summed E-state index contributed by atoms with van der Waals surface area (Å²) in [5, 5.41) is 10.8. The van der Waals surface area contributed by atoms with Gasteiger partial charge in [-0.2, -0.15) is 0 Å². The van der Waals surface area contributed by atoms with Crippen LogP contribution in [0.15, 0.2) is 18.2 Å². The molecule has 19 heavy (non-hydrogen) atoms. The molecule has 1 atom stereocenters. The lowest BCUT2D eigenvalue weighted by Gasteiger charge is -2.13. The van der Waals surface area contributed by atoms with Gasteiger partial charge in [0, 0.05) is 18.9 Å². The zero-order valence-corrected chi connectivity index (χ0v) is 10.7. The largest absolute Gasteiger partial charge is 0.491 e. The second kappa shape index (κ2) is 5.28. The summed E-state index contributed by atoms with van der Waals surface area (Å²) in [6.45, 7) is 0.0937. The van der Waals surface area contributed by atoms with Gasteiger partial charge in [0.15, 0.2) is 0 Å². The smallest absolute Gasteiger partial charge is 0.273 e. The Balaban J connectivity index is 2.00. The van der Waals surface area contributed by atoms with Crippen molar-refractivity contribution in [3.63, 3.8) is 0 Å². The molecule has 2 rings (SSSR count). The highest BCUT2D eigenvalue weighted by atomic mass is 35.5. The van der Waals surface area contributed by atoms with Crippen LogP contribution in [-0.2, 0) is 0 Å². The first-order chi connectivity index (χ1) is 8.87. The standard InChI is InChI=1S/C12H12ClF2NO3/c13-10-2-1-9(16(17)18)5-11(10)19-7-8-3-4-12(14,15)6-8/h1-2,5,8H,3-4,6-7H2. The van der Waals surface area contributed by atoms with Gasteiger partial charge in [-0.3, -0.25) is 10.1 Å². The Bertz CT molecular complexity index is 496. The first kappa shape index (κ1) is 14.0. The van der Waals surface area contributed by atoms with E-state index in [4.69, 9.17) is 16.3 Å². The summed E-state index contributed by atoms with van der Waals surface area (Å²) < 4.78 is 31.3. The van der Waals surface area contributed by atoms with Crippen molar-refractivity contribution in [2.75, 3.05) is 6.61 Å². The molecule has 0 bridgehead atoms. The summed E-state index contributed by atoms with van der Waals surface area (Å²) in [6.07, 6.45) is 0.0444. The molecule has 1 aromatic rings. The van der Waals surface area contributed by atoms with Crippen LogP contribution in [0.5, 0.6) is 5.75 Å². The molecule has 0 aliphatic heterocycles. The zero-order valence-electron chi connectivity index (χ0n) is 9.94. The van der Waals surface area contributed by atoms with E-state index in [9.17, 15) is 18.9 Å². The minimum atomic E-state index is -2.62. The molecule has 0 spiro atoms. The van der Waals surface area contributed by atoms with Crippen LogP contribution in [0, 0.1) is 16.0 Å². The highest BCUT2D eigenvalue weighted by Gasteiger charge is 2.39. The van der Waals surface area contributed by atoms with E-state index in [1.165, 1.54) is 18.2 Å². The molecule has 1 unspecified atom stereocenters. The minimum absolute atomic E-state index is 0.0937. The lowest BCUT2D eigenvalue weighted by atomic mass is 10.1. The van der Waals surface area contributed by atoms with Gasteiger partial charge in [0.1, 0.15) is 5.75 Å². The van der Waals surface area contributed by atoms with Crippen LogP contribution in [0.4, 0.5) is 14.5 Å². The van der Waals surface area contributed by atoms with Gasteiger partial charge in [0.2, 0.25) is 5.92 Å². The summed E-state index contributed by atoms with van der Waals surface area (Å²) in [7, 11) is 0. The summed E-state index contributed by atoms with van der Waals surface area (Å²) in [6, 6.07) is 3.83. The molecule has 1 aliphatic rings. The monoisotopic (exact) mass is 291 g/mol. The average Bonchev–Trinajstić information content (AvgIpc) is 2.67. The SMILES string of the molecule is O=[N+]([O-])c1ccc(Cl)c(OCC2CCC(F)(F)C2)c1. The van der Waals surface area contributed by atoms with Crippen molar-refractivity contribution in [3.8, 4) is 5.75 Å². The second-order valence-corrected chi connectivity index (χ2v) is 5.05. The molecule has 104 valence electrons.